The Labute approximate surface area is 108 Å². The summed E-state index contributed by atoms with van der Waals surface area (Å²) in [4.78, 5) is 4.94. The van der Waals surface area contributed by atoms with E-state index in [0.717, 1.165) is 12.5 Å². The van der Waals surface area contributed by atoms with Gasteiger partial charge in [0.2, 0.25) is 0 Å². The van der Waals surface area contributed by atoms with Crippen LogP contribution in [0.3, 0.4) is 0 Å². The summed E-state index contributed by atoms with van der Waals surface area (Å²) in [7, 11) is 4.31. The van der Waals surface area contributed by atoms with Crippen LogP contribution in [-0.4, -0.2) is 62.2 Å². The topological polar surface area (TPSA) is 18.5 Å². The summed E-state index contributed by atoms with van der Waals surface area (Å²) < 4.78 is 0. The molecule has 0 saturated carbocycles. The van der Waals surface area contributed by atoms with Crippen LogP contribution in [-0.2, 0) is 0 Å². The van der Waals surface area contributed by atoms with E-state index < -0.39 is 0 Å². The van der Waals surface area contributed by atoms with Crippen molar-refractivity contribution in [1.29, 1.82) is 0 Å². The first-order valence-corrected chi connectivity index (χ1v) is 7.11. The summed E-state index contributed by atoms with van der Waals surface area (Å²) in [6.07, 6.45) is 2.59. The van der Waals surface area contributed by atoms with Gasteiger partial charge in [0.1, 0.15) is 0 Å². The molecule has 0 radical (unpaired) electrons. The zero-order valence-electron chi connectivity index (χ0n) is 12.4. The first-order chi connectivity index (χ1) is 7.99. The van der Waals surface area contributed by atoms with Crippen LogP contribution in [0.2, 0.25) is 0 Å². The van der Waals surface area contributed by atoms with Crippen molar-refractivity contribution in [2.75, 3.05) is 40.3 Å². The zero-order chi connectivity index (χ0) is 12.8. The third-order valence-corrected chi connectivity index (χ3v) is 3.59. The Morgan fingerprint density at radius 1 is 1.35 bits per heavy atom. The largest absolute Gasteiger partial charge is 0.311 e. The van der Waals surface area contributed by atoms with Crippen molar-refractivity contribution in [2.45, 2.75) is 45.7 Å². The number of hydrogen-bond donors (Lipinski definition) is 1. The minimum atomic E-state index is 0.695. The quantitative estimate of drug-likeness (QED) is 0.763. The van der Waals surface area contributed by atoms with Gasteiger partial charge in [0.25, 0.3) is 0 Å². The molecule has 1 N–H and O–H groups in total. The molecule has 1 aliphatic rings. The molecule has 1 fully saturated rings. The number of hydrogen-bond acceptors (Lipinski definition) is 3. The number of nitrogens with zero attached hydrogens (tertiary/aromatic N) is 2. The van der Waals surface area contributed by atoms with Crippen LogP contribution < -0.4 is 5.32 Å². The monoisotopic (exact) mass is 241 g/mol. The van der Waals surface area contributed by atoms with Crippen LogP contribution in [0, 0.1) is 5.92 Å². The first kappa shape index (κ1) is 14.9. The fourth-order valence-corrected chi connectivity index (χ4v) is 2.62. The van der Waals surface area contributed by atoms with Gasteiger partial charge < -0.3 is 10.2 Å². The van der Waals surface area contributed by atoms with Gasteiger partial charge in [-0.1, -0.05) is 13.8 Å². The molecule has 2 atom stereocenters. The smallest absolute Gasteiger partial charge is 0.0198 e. The van der Waals surface area contributed by atoms with Gasteiger partial charge in [-0.3, -0.25) is 4.90 Å². The minimum Gasteiger partial charge on any atom is -0.311 e. The van der Waals surface area contributed by atoms with E-state index in [1.807, 2.05) is 0 Å². The maximum atomic E-state index is 3.68. The van der Waals surface area contributed by atoms with Crippen LogP contribution in [0.25, 0.3) is 0 Å². The van der Waals surface area contributed by atoms with Gasteiger partial charge in [-0.05, 0) is 52.9 Å². The highest BCUT2D eigenvalue weighted by atomic mass is 15.2. The van der Waals surface area contributed by atoms with Crippen molar-refractivity contribution < 1.29 is 0 Å². The summed E-state index contributed by atoms with van der Waals surface area (Å²) in [5.74, 6) is 0.796. The van der Waals surface area contributed by atoms with Crippen LogP contribution in [0.4, 0.5) is 0 Å². The Morgan fingerprint density at radius 3 is 2.65 bits per heavy atom. The van der Waals surface area contributed by atoms with Crippen molar-refractivity contribution in [2.24, 2.45) is 5.92 Å². The van der Waals surface area contributed by atoms with Gasteiger partial charge in [-0.15, -0.1) is 0 Å². The molecule has 1 heterocycles. The molecule has 1 rings (SSSR count). The molecule has 0 spiro atoms. The Kier molecular flexibility index (Phi) is 6.45. The Morgan fingerprint density at radius 2 is 2.06 bits per heavy atom. The highest BCUT2D eigenvalue weighted by Crippen LogP contribution is 2.13. The Hall–Kier alpha value is -0.120. The van der Waals surface area contributed by atoms with E-state index in [4.69, 9.17) is 0 Å². The lowest BCUT2D eigenvalue weighted by atomic mass is 10.00. The lowest BCUT2D eigenvalue weighted by molar-refractivity contribution is 0.127. The molecule has 3 nitrogen and oxygen atoms in total. The van der Waals surface area contributed by atoms with Crippen LogP contribution in [0.1, 0.15) is 33.6 Å². The highest BCUT2D eigenvalue weighted by Gasteiger charge is 2.24. The maximum Gasteiger partial charge on any atom is 0.0198 e. The molecule has 102 valence electrons. The van der Waals surface area contributed by atoms with Crippen LogP contribution in [0.5, 0.6) is 0 Å². The second-order valence-electron chi connectivity index (χ2n) is 6.24. The van der Waals surface area contributed by atoms with E-state index >= 15 is 0 Å². The number of nitrogens with one attached hydrogen (secondary N) is 1. The molecule has 0 aromatic carbocycles. The van der Waals surface area contributed by atoms with E-state index in [-0.39, 0.29) is 0 Å². The van der Waals surface area contributed by atoms with Gasteiger partial charge in [-0.25, -0.2) is 0 Å². The van der Waals surface area contributed by atoms with Gasteiger partial charge in [0.05, 0.1) is 0 Å². The van der Waals surface area contributed by atoms with E-state index in [1.165, 1.54) is 32.5 Å². The van der Waals surface area contributed by atoms with E-state index in [0.29, 0.717) is 12.1 Å². The predicted octanol–water partition coefficient (Wildman–Crippen LogP) is 1.65. The van der Waals surface area contributed by atoms with E-state index in [9.17, 15) is 0 Å². The molecular weight excluding hydrogens is 210 g/mol. The van der Waals surface area contributed by atoms with E-state index in [1.54, 1.807) is 0 Å². The third kappa shape index (κ3) is 5.84. The second-order valence-corrected chi connectivity index (χ2v) is 6.24. The minimum absolute atomic E-state index is 0.695. The third-order valence-electron chi connectivity index (χ3n) is 3.59. The molecule has 2 unspecified atom stereocenters. The molecule has 0 aliphatic carbocycles. The van der Waals surface area contributed by atoms with Crippen molar-refractivity contribution in [3.63, 3.8) is 0 Å². The maximum absolute atomic E-state index is 3.68. The van der Waals surface area contributed by atoms with Gasteiger partial charge in [0.15, 0.2) is 0 Å². The highest BCUT2D eigenvalue weighted by molar-refractivity contribution is 4.84. The SMILES string of the molecule is CC(C)CC1CN(CCCN(C)C)C(C)CN1. The van der Waals surface area contributed by atoms with Gasteiger partial charge in [-0.2, -0.15) is 0 Å². The number of piperazine rings is 1. The molecular formula is C14H31N3. The molecule has 17 heavy (non-hydrogen) atoms. The second kappa shape index (κ2) is 7.34. The molecule has 0 bridgehead atoms. The van der Waals surface area contributed by atoms with Crippen molar-refractivity contribution >= 4 is 0 Å². The summed E-state index contributed by atoms with van der Waals surface area (Å²) in [5.41, 5.74) is 0. The molecule has 3 heteroatoms. The molecule has 0 aromatic rings. The lowest BCUT2D eigenvalue weighted by Crippen LogP contribution is -2.55. The Balaban J connectivity index is 2.30. The zero-order valence-corrected chi connectivity index (χ0v) is 12.4. The fraction of sp³-hybridized carbons (Fsp3) is 1.00. The van der Waals surface area contributed by atoms with Crippen LogP contribution in [0.15, 0.2) is 0 Å². The molecule has 0 amide bonds. The standard InChI is InChI=1S/C14H31N3/c1-12(2)9-14-11-17(13(3)10-15-14)8-6-7-16(4)5/h12-15H,6-11H2,1-5H3. The predicted molar refractivity (Wildman–Crippen MR) is 75.5 cm³/mol. The normalized spacial score (nSPS) is 27.0. The summed E-state index contributed by atoms with van der Waals surface area (Å²) in [5, 5.41) is 3.68. The lowest BCUT2D eigenvalue weighted by Gasteiger charge is -2.39. The van der Waals surface area contributed by atoms with Gasteiger partial charge >= 0.3 is 0 Å². The summed E-state index contributed by atoms with van der Waals surface area (Å²) in [6, 6.07) is 1.39. The first-order valence-electron chi connectivity index (χ1n) is 7.11. The Bertz CT molecular complexity index is 204. The molecule has 0 aromatic heterocycles. The average molecular weight is 241 g/mol. The van der Waals surface area contributed by atoms with E-state index in [2.05, 4.69) is 50.0 Å². The van der Waals surface area contributed by atoms with Crippen LogP contribution >= 0.6 is 0 Å². The van der Waals surface area contributed by atoms with Gasteiger partial charge in [0, 0.05) is 25.2 Å². The average Bonchev–Trinajstić information content (AvgIpc) is 2.21. The van der Waals surface area contributed by atoms with Crippen molar-refractivity contribution in [3.05, 3.63) is 0 Å². The molecule has 1 saturated heterocycles. The van der Waals surface area contributed by atoms with Crippen molar-refractivity contribution in [1.82, 2.24) is 15.1 Å². The molecule has 1 aliphatic heterocycles. The summed E-state index contributed by atoms with van der Waals surface area (Å²) in [6.45, 7) is 11.8. The number of rotatable bonds is 6. The fourth-order valence-electron chi connectivity index (χ4n) is 2.62. The van der Waals surface area contributed by atoms with Crippen molar-refractivity contribution in [3.8, 4) is 0 Å². The summed E-state index contributed by atoms with van der Waals surface area (Å²) >= 11 is 0.